The van der Waals surface area contributed by atoms with Crippen molar-refractivity contribution in [1.82, 2.24) is 4.90 Å². The monoisotopic (exact) mass is 289 g/mol. The quantitative estimate of drug-likeness (QED) is 0.746. The van der Waals surface area contributed by atoms with E-state index in [2.05, 4.69) is 4.90 Å². The van der Waals surface area contributed by atoms with Crippen molar-refractivity contribution in [3.63, 3.8) is 0 Å². The molecule has 0 bridgehead atoms. The predicted molar refractivity (Wildman–Crippen MR) is 85.0 cm³/mol. The summed E-state index contributed by atoms with van der Waals surface area (Å²) in [5, 5.41) is 0. The van der Waals surface area contributed by atoms with Crippen LogP contribution in [0.4, 0.5) is 0 Å². The summed E-state index contributed by atoms with van der Waals surface area (Å²) >= 11 is 0. The highest BCUT2D eigenvalue weighted by Crippen LogP contribution is 2.28. The molecule has 2 rings (SSSR count). The van der Waals surface area contributed by atoms with Crippen molar-refractivity contribution in [3.05, 3.63) is 35.9 Å². The molecule has 0 heterocycles. The fourth-order valence-corrected chi connectivity index (χ4v) is 3.31. The highest BCUT2D eigenvalue weighted by atomic mass is 16.5. The van der Waals surface area contributed by atoms with Gasteiger partial charge in [0.2, 0.25) is 0 Å². The van der Waals surface area contributed by atoms with Gasteiger partial charge in [0.1, 0.15) is 6.04 Å². The molecule has 0 N–H and O–H groups in total. The van der Waals surface area contributed by atoms with Gasteiger partial charge in [0.05, 0.1) is 6.61 Å². The molecule has 1 aliphatic carbocycles. The largest absolute Gasteiger partial charge is 0.465 e. The topological polar surface area (TPSA) is 29.5 Å². The summed E-state index contributed by atoms with van der Waals surface area (Å²) < 4.78 is 5.29. The summed E-state index contributed by atoms with van der Waals surface area (Å²) in [6.45, 7) is 3.26. The molecule has 1 aliphatic rings. The number of ether oxygens (including phenoxy) is 1. The van der Waals surface area contributed by atoms with E-state index in [1.165, 1.54) is 32.1 Å². The van der Waals surface area contributed by atoms with Gasteiger partial charge in [0.25, 0.3) is 0 Å². The van der Waals surface area contributed by atoms with Crippen LogP contribution in [0.3, 0.4) is 0 Å². The predicted octanol–water partition coefficient (Wildman–Crippen LogP) is 3.80. The second-order valence-corrected chi connectivity index (χ2v) is 6.01. The fraction of sp³-hybridized carbons (Fsp3) is 0.611. The van der Waals surface area contributed by atoms with Gasteiger partial charge in [-0.25, -0.2) is 4.79 Å². The van der Waals surface area contributed by atoms with Crippen molar-refractivity contribution in [3.8, 4) is 0 Å². The van der Waals surface area contributed by atoms with E-state index in [1.54, 1.807) is 0 Å². The molecule has 1 atom stereocenters. The van der Waals surface area contributed by atoms with Crippen LogP contribution in [0.5, 0.6) is 0 Å². The van der Waals surface area contributed by atoms with Crippen LogP contribution in [0.25, 0.3) is 0 Å². The maximum Gasteiger partial charge on any atom is 0.327 e. The van der Waals surface area contributed by atoms with E-state index in [0.717, 1.165) is 12.1 Å². The van der Waals surface area contributed by atoms with Crippen LogP contribution in [0.2, 0.25) is 0 Å². The van der Waals surface area contributed by atoms with Crippen LogP contribution in [0.1, 0.15) is 50.6 Å². The SMILES string of the molecule is CCOC(=O)C(c1ccccc1)N(C)CC1CCCCC1. The molecule has 1 unspecified atom stereocenters. The number of carbonyl (C=O) groups excluding carboxylic acids is 1. The van der Waals surface area contributed by atoms with Crippen LogP contribution in [-0.2, 0) is 9.53 Å². The van der Waals surface area contributed by atoms with Crippen LogP contribution >= 0.6 is 0 Å². The van der Waals surface area contributed by atoms with Crippen molar-refractivity contribution < 1.29 is 9.53 Å². The third-order valence-electron chi connectivity index (χ3n) is 4.34. The Bertz CT molecular complexity index is 426. The first kappa shape index (κ1) is 16.0. The van der Waals surface area contributed by atoms with Gasteiger partial charge in [-0.05, 0) is 38.3 Å². The summed E-state index contributed by atoms with van der Waals surface area (Å²) in [4.78, 5) is 14.5. The van der Waals surface area contributed by atoms with Gasteiger partial charge >= 0.3 is 5.97 Å². The summed E-state index contributed by atoms with van der Waals surface area (Å²) in [5.74, 6) is 0.575. The number of esters is 1. The molecule has 21 heavy (non-hydrogen) atoms. The Morgan fingerprint density at radius 2 is 1.90 bits per heavy atom. The Kier molecular flexibility index (Phi) is 6.24. The molecular formula is C18H27NO2. The summed E-state index contributed by atoms with van der Waals surface area (Å²) in [5.41, 5.74) is 1.02. The van der Waals surface area contributed by atoms with E-state index >= 15 is 0 Å². The maximum atomic E-state index is 12.4. The molecule has 116 valence electrons. The first-order chi connectivity index (χ1) is 10.2. The second kappa shape index (κ2) is 8.18. The summed E-state index contributed by atoms with van der Waals surface area (Å²) in [6, 6.07) is 9.68. The standard InChI is InChI=1S/C18H27NO2/c1-3-21-18(20)17(16-12-8-5-9-13-16)19(2)14-15-10-6-4-7-11-15/h5,8-9,12-13,15,17H,3-4,6-7,10-11,14H2,1-2H3. The smallest absolute Gasteiger partial charge is 0.327 e. The first-order valence-electron chi connectivity index (χ1n) is 8.14. The van der Waals surface area contributed by atoms with E-state index in [1.807, 2.05) is 44.3 Å². The Labute approximate surface area is 128 Å². The third-order valence-corrected chi connectivity index (χ3v) is 4.34. The van der Waals surface area contributed by atoms with Gasteiger partial charge in [-0.3, -0.25) is 4.90 Å². The van der Waals surface area contributed by atoms with E-state index in [0.29, 0.717) is 12.5 Å². The number of likely N-dealkylation sites (N-methyl/N-ethyl adjacent to an activating group) is 1. The van der Waals surface area contributed by atoms with Crippen LogP contribution in [0, 0.1) is 5.92 Å². The van der Waals surface area contributed by atoms with Crippen molar-refractivity contribution in [2.45, 2.75) is 45.1 Å². The minimum absolute atomic E-state index is 0.137. The van der Waals surface area contributed by atoms with Crippen molar-refractivity contribution in [1.29, 1.82) is 0 Å². The number of benzene rings is 1. The van der Waals surface area contributed by atoms with E-state index < -0.39 is 0 Å². The average Bonchev–Trinajstić information content (AvgIpc) is 2.50. The molecule has 0 radical (unpaired) electrons. The molecule has 0 spiro atoms. The fourth-order valence-electron chi connectivity index (χ4n) is 3.31. The van der Waals surface area contributed by atoms with Gasteiger partial charge in [-0.2, -0.15) is 0 Å². The zero-order valence-electron chi connectivity index (χ0n) is 13.3. The Balaban J connectivity index is 2.08. The van der Waals surface area contributed by atoms with E-state index in [9.17, 15) is 4.79 Å². The Morgan fingerprint density at radius 1 is 1.24 bits per heavy atom. The molecule has 1 saturated carbocycles. The van der Waals surface area contributed by atoms with Gasteiger partial charge in [0, 0.05) is 6.54 Å². The zero-order chi connectivity index (χ0) is 15.1. The molecule has 3 heteroatoms. The number of nitrogens with zero attached hydrogens (tertiary/aromatic N) is 1. The lowest BCUT2D eigenvalue weighted by Crippen LogP contribution is -2.36. The molecule has 0 saturated heterocycles. The van der Waals surface area contributed by atoms with E-state index in [4.69, 9.17) is 4.74 Å². The van der Waals surface area contributed by atoms with Gasteiger partial charge in [0.15, 0.2) is 0 Å². The highest BCUT2D eigenvalue weighted by Gasteiger charge is 2.28. The van der Waals surface area contributed by atoms with Gasteiger partial charge < -0.3 is 4.74 Å². The summed E-state index contributed by atoms with van der Waals surface area (Å²) in [6.07, 6.45) is 6.59. The Hall–Kier alpha value is -1.35. The van der Waals surface area contributed by atoms with Crippen LogP contribution in [0.15, 0.2) is 30.3 Å². The van der Waals surface area contributed by atoms with Gasteiger partial charge in [-0.1, -0.05) is 49.6 Å². The molecule has 3 nitrogen and oxygen atoms in total. The van der Waals surface area contributed by atoms with Crippen LogP contribution in [-0.4, -0.2) is 31.1 Å². The molecule has 1 aromatic carbocycles. The van der Waals surface area contributed by atoms with Crippen molar-refractivity contribution in [2.24, 2.45) is 5.92 Å². The van der Waals surface area contributed by atoms with Gasteiger partial charge in [-0.15, -0.1) is 0 Å². The molecule has 0 aliphatic heterocycles. The number of hydrogen-bond acceptors (Lipinski definition) is 3. The number of rotatable bonds is 6. The maximum absolute atomic E-state index is 12.4. The lowest BCUT2D eigenvalue weighted by molar-refractivity contribution is -0.149. The lowest BCUT2D eigenvalue weighted by Gasteiger charge is -2.31. The molecule has 1 aromatic rings. The first-order valence-corrected chi connectivity index (χ1v) is 8.14. The molecule has 1 fully saturated rings. The summed E-state index contributed by atoms with van der Waals surface area (Å²) in [7, 11) is 2.04. The highest BCUT2D eigenvalue weighted by molar-refractivity contribution is 5.77. The normalized spacial score (nSPS) is 17.7. The van der Waals surface area contributed by atoms with Crippen LogP contribution < -0.4 is 0 Å². The van der Waals surface area contributed by atoms with E-state index in [-0.39, 0.29) is 12.0 Å². The average molecular weight is 289 g/mol. The number of carbonyl (C=O) groups is 1. The zero-order valence-corrected chi connectivity index (χ0v) is 13.3. The Morgan fingerprint density at radius 3 is 2.52 bits per heavy atom. The third kappa shape index (κ3) is 4.57. The number of hydrogen-bond donors (Lipinski definition) is 0. The minimum Gasteiger partial charge on any atom is -0.465 e. The molecule has 0 amide bonds. The van der Waals surface area contributed by atoms with Crippen molar-refractivity contribution in [2.75, 3.05) is 20.2 Å². The lowest BCUT2D eigenvalue weighted by atomic mass is 9.88. The molecular weight excluding hydrogens is 262 g/mol. The second-order valence-electron chi connectivity index (χ2n) is 6.01. The van der Waals surface area contributed by atoms with Crippen molar-refractivity contribution >= 4 is 5.97 Å². The molecule has 0 aromatic heterocycles. The minimum atomic E-state index is -0.284.